The Morgan fingerprint density at radius 3 is 2.47 bits per heavy atom. The van der Waals surface area contributed by atoms with Crippen molar-refractivity contribution in [1.82, 2.24) is 9.80 Å². The zero-order chi connectivity index (χ0) is 32.6. The van der Waals surface area contributed by atoms with Crippen molar-refractivity contribution in [3.05, 3.63) is 83.9 Å². The molecule has 3 atom stereocenters. The molecule has 4 rings (SSSR count). The molecule has 0 saturated carbocycles. The molecule has 0 bridgehead atoms. The number of para-hydroxylation sites is 1. The summed E-state index contributed by atoms with van der Waals surface area (Å²) in [5.74, 6) is 0.846. The van der Waals surface area contributed by atoms with Crippen molar-refractivity contribution in [3.8, 4) is 17.2 Å². The molecule has 11 heteroatoms. The number of ether oxygens (including phenoxy) is 2. The van der Waals surface area contributed by atoms with Crippen LogP contribution in [0.15, 0.2) is 72.8 Å². The summed E-state index contributed by atoms with van der Waals surface area (Å²) in [5.41, 5.74) is 1.85. The summed E-state index contributed by atoms with van der Waals surface area (Å²) in [7, 11) is 1.98. The summed E-state index contributed by atoms with van der Waals surface area (Å²) in [5, 5.41) is 12.4. The highest BCUT2D eigenvalue weighted by Crippen LogP contribution is 2.30. The van der Waals surface area contributed by atoms with Crippen molar-refractivity contribution < 1.29 is 37.3 Å². The molecular weight excluding hydrogens is 587 g/mol. The number of likely N-dealkylation sites (N-methyl/N-ethyl adjacent to an activating group) is 1. The Kier molecular flexibility index (Phi) is 11.5. The first-order valence-electron chi connectivity index (χ1n) is 15.0. The Morgan fingerprint density at radius 1 is 1.11 bits per heavy atom. The largest absolute Gasteiger partial charge is 0.488 e. The second-order valence-corrected chi connectivity index (χ2v) is 11.6. The minimum Gasteiger partial charge on any atom is -0.488 e. The van der Waals surface area contributed by atoms with Crippen molar-refractivity contribution >= 4 is 17.5 Å². The van der Waals surface area contributed by atoms with Gasteiger partial charge in [-0.25, -0.2) is 0 Å². The maximum absolute atomic E-state index is 13.4. The van der Waals surface area contributed by atoms with E-state index in [0.717, 1.165) is 17.1 Å². The highest BCUT2D eigenvalue weighted by atomic mass is 19.4. The van der Waals surface area contributed by atoms with E-state index in [1.54, 1.807) is 30.0 Å². The number of fused-ring (bicyclic) bond motifs is 1. The number of halogens is 3. The quantitative estimate of drug-likeness (QED) is 0.270. The number of carbonyl (C=O) groups excluding carboxylic acids is 2. The summed E-state index contributed by atoms with van der Waals surface area (Å²) in [4.78, 5) is 29.3. The lowest BCUT2D eigenvalue weighted by Gasteiger charge is -2.34. The van der Waals surface area contributed by atoms with Gasteiger partial charge in [0.1, 0.15) is 23.4 Å². The Bertz CT molecular complexity index is 1420. The number of anilines is 1. The van der Waals surface area contributed by atoms with Crippen LogP contribution in [0.5, 0.6) is 17.2 Å². The van der Waals surface area contributed by atoms with Crippen molar-refractivity contribution in [2.24, 2.45) is 5.92 Å². The van der Waals surface area contributed by atoms with E-state index in [4.69, 9.17) is 9.47 Å². The number of rotatable bonds is 11. The van der Waals surface area contributed by atoms with Crippen LogP contribution < -0.4 is 14.8 Å². The van der Waals surface area contributed by atoms with Gasteiger partial charge in [-0.15, -0.1) is 0 Å². The van der Waals surface area contributed by atoms with Crippen LogP contribution in [0, 0.1) is 5.92 Å². The van der Waals surface area contributed by atoms with Gasteiger partial charge in [0.15, 0.2) is 0 Å². The number of benzene rings is 3. The first kappa shape index (κ1) is 33.8. The van der Waals surface area contributed by atoms with E-state index in [-0.39, 0.29) is 36.6 Å². The number of amides is 2. The van der Waals surface area contributed by atoms with E-state index in [9.17, 15) is 27.9 Å². The fourth-order valence-corrected chi connectivity index (χ4v) is 5.17. The molecule has 0 radical (unpaired) electrons. The average Bonchev–Trinajstić information content (AvgIpc) is 3.04. The number of hydrogen-bond donors (Lipinski definition) is 2. The van der Waals surface area contributed by atoms with Crippen LogP contribution in [0.1, 0.15) is 37.8 Å². The van der Waals surface area contributed by atoms with Gasteiger partial charge in [0.05, 0.1) is 25.5 Å². The minimum absolute atomic E-state index is 0.0569. The first-order valence-corrected chi connectivity index (χ1v) is 15.0. The number of aliphatic hydroxyl groups is 1. The fraction of sp³-hybridized carbons (Fsp3) is 0.412. The second kappa shape index (κ2) is 15.3. The summed E-state index contributed by atoms with van der Waals surface area (Å²) < 4.78 is 50.2. The normalized spacial score (nSPS) is 17.9. The molecule has 0 saturated heterocycles. The molecule has 0 spiro atoms. The van der Waals surface area contributed by atoms with Gasteiger partial charge in [0, 0.05) is 43.2 Å². The van der Waals surface area contributed by atoms with E-state index in [0.29, 0.717) is 30.9 Å². The van der Waals surface area contributed by atoms with Crippen molar-refractivity contribution in [3.63, 3.8) is 0 Å². The Labute approximate surface area is 261 Å². The molecule has 8 nitrogen and oxygen atoms in total. The van der Waals surface area contributed by atoms with Gasteiger partial charge in [-0.3, -0.25) is 14.5 Å². The highest BCUT2D eigenvalue weighted by molar-refractivity contribution is 5.91. The number of aliphatic hydroxyl groups excluding tert-OH is 1. The molecule has 3 aromatic carbocycles. The Morgan fingerprint density at radius 2 is 1.80 bits per heavy atom. The molecule has 1 aliphatic rings. The smallest absolute Gasteiger partial charge is 0.389 e. The summed E-state index contributed by atoms with van der Waals surface area (Å²) >= 11 is 0. The molecule has 0 fully saturated rings. The van der Waals surface area contributed by atoms with Crippen LogP contribution in [-0.2, 0) is 22.6 Å². The molecule has 0 unspecified atom stereocenters. The SMILES string of the molecule is C[C@H](CO)N1C[C@H](C)[C@H](CN(C)Cc2ccc(Oc3ccccc3)cc2)Oc2ccc(NC(=O)CCC(F)(F)F)cc2CC1=O. The molecule has 242 valence electrons. The summed E-state index contributed by atoms with van der Waals surface area (Å²) in [6.07, 6.45) is -6.77. The van der Waals surface area contributed by atoms with Crippen LogP contribution in [-0.4, -0.2) is 71.8 Å². The zero-order valence-electron chi connectivity index (χ0n) is 25.7. The minimum atomic E-state index is -4.44. The second-order valence-electron chi connectivity index (χ2n) is 11.6. The van der Waals surface area contributed by atoms with Crippen molar-refractivity contribution in [1.29, 1.82) is 0 Å². The first-order chi connectivity index (χ1) is 21.4. The van der Waals surface area contributed by atoms with E-state index in [1.807, 2.05) is 68.6 Å². The highest BCUT2D eigenvalue weighted by Gasteiger charge is 2.31. The molecule has 0 aliphatic carbocycles. The Hall–Kier alpha value is -4.09. The number of nitrogens with one attached hydrogen (secondary N) is 1. The van der Waals surface area contributed by atoms with Crippen LogP contribution in [0.3, 0.4) is 0 Å². The van der Waals surface area contributed by atoms with Gasteiger partial charge < -0.3 is 24.8 Å². The third-order valence-corrected chi connectivity index (χ3v) is 7.68. The van der Waals surface area contributed by atoms with Gasteiger partial charge in [-0.2, -0.15) is 13.2 Å². The lowest BCUT2D eigenvalue weighted by atomic mass is 10.0. The number of hydrogen-bond acceptors (Lipinski definition) is 6. The third-order valence-electron chi connectivity index (χ3n) is 7.68. The van der Waals surface area contributed by atoms with E-state index >= 15 is 0 Å². The van der Waals surface area contributed by atoms with E-state index < -0.39 is 31.0 Å². The number of alkyl halides is 3. The van der Waals surface area contributed by atoms with Gasteiger partial charge in [-0.1, -0.05) is 37.3 Å². The van der Waals surface area contributed by atoms with Crippen LogP contribution in [0.2, 0.25) is 0 Å². The molecule has 2 N–H and O–H groups in total. The molecule has 2 amide bonds. The molecule has 0 aromatic heterocycles. The monoisotopic (exact) mass is 627 g/mol. The standard InChI is InChI=1S/C34H40F3N3O5/c1-23-19-40(24(2)22-41)33(43)18-26-17-27(38-32(42)15-16-34(35,36)37)11-14-30(26)45-31(23)21-39(3)20-25-9-12-29(13-10-25)44-28-7-5-4-6-8-28/h4-14,17,23-24,31,41H,15-16,18-22H2,1-3H3,(H,38,42)/t23-,24+,31-/m0/s1. The van der Waals surface area contributed by atoms with Crippen LogP contribution in [0.25, 0.3) is 0 Å². The van der Waals surface area contributed by atoms with Crippen molar-refractivity contribution in [2.75, 3.05) is 32.1 Å². The fourth-order valence-electron chi connectivity index (χ4n) is 5.17. The molecule has 1 aliphatic heterocycles. The van der Waals surface area contributed by atoms with E-state index in [2.05, 4.69) is 10.2 Å². The topological polar surface area (TPSA) is 91.3 Å². The maximum atomic E-state index is 13.4. The number of nitrogens with zero attached hydrogens (tertiary/aromatic N) is 2. The lowest BCUT2D eigenvalue weighted by Crippen LogP contribution is -2.47. The van der Waals surface area contributed by atoms with Gasteiger partial charge >= 0.3 is 6.18 Å². The average molecular weight is 628 g/mol. The maximum Gasteiger partial charge on any atom is 0.389 e. The molecular formula is C34H40F3N3O5. The van der Waals surface area contributed by atoms with Gasteiger partial charge in [0.2, 0.25) is 11.8 Å². The zero-order valence-corrected chi connectivity index (χ0v) is 25.7. The Balaban J connectivity index is 1.49. The van der Waals surface area contributed by atoms with Crippen molar-refractivity contribution in [2.45, 2.75) is 58.0 Å². The van der Waals surface area contributed by atoms with Crippen LogP contribution >= 0.6 is 0 Å². The van der Waals surface area contributed by atoms with Crippen LogP contribution in [0.4, 0.5) is 18.9 Å². The predicted molar refractivity (Wildman–Crippen MR) is 165 cm³/mol. The number of carbonyl (C=O) groups is 2. The van der Waals surface area contributed by atoms with Gasteiger partial charge in [-0.05, 0) is 62.0 Å². The van der Waals surface area contributed by atoms with E-state index in [1.165, 1.54) is 0 Å². The molecule has 3 aromatic rings. The third kappa shape index (κ3) is 10.2. The summed E-state index contributed by atoms with van der Waals surface area (Å²) in [6.45, 7) is 5.07. The van der Waals surface area contributed by atoms with Gasteiger partial charge in [0.25, 0.3) is 0 Å². The lowest BCUT2D eigenvalue weighted by molar-refractivity contribution is -0.142. The predicted octanol–water partition coefficient (Wildman–Crippen LogP) is 6.04. The molecule has 45 heavy (non-hydrogen) atoms. The molecule has 1 heterocycles. The summed E-state index contributed by atoms with van der Waals surface area (Å²) in [6, 6.07) is 21.7.